The van der Waals surface area contributed by atoms with E-state index >= 15 is 0 Å². The summed E-state index contributed by atoms with van der Waals surface area (Å²) in [5.74, 6) is -1.24. The van der Waals surface area contributed by atoms with Crippen molar-refractivity contribution < 1.29 is 14.4 Å². The van der Waals surface area contributed by atoms with Crippen molar-refractivity contribution in [2.45, 2.75) is 32.6 Å². The van der Waals surface area contributed by atoms with Crippen LogP contribution in [0.2, 0.25) is 5.02 Å². The Morgan fingerprint density at radius 3 is 2.34 bits per heavy atom. The first-order valence-electron chi connectivity index (χ1n) is 10.6. The second-order valence-electron chi connectivity index (χ2n) is 7.93. The van der Waals surface area contributed by atoms with Crippen LogP contribution in [0.25, 0.3) is 0 Å². The van der Waals surface area contributed by atoms with E-state index in [1.165, 1.54) is 0 Å². The van der Waals surface area contributed by atoms with Crippen LogP contribution in [0.4, 0.5) is 11.4 Å². The van der Waals surface area contributed by atoms with Gasteiger partial charge in [-0.3, -0.25) is 14.4 Å². The van der Waals surface area contributed by atoms with Gasteiger partial charge >= 0.3 is 0 Å². The van der Waals surface area contributed by atoms with Gasteiger partial charge in [-0.15, -0.1) is 0 Å². The maximum absolute atomic E-state index is 13.1. The highest BCUT2D eigenvalue weighted by Crippen LogP contribution is 2.34. The molecule has 8 heteroatoms. The van der Waals surface area contributed by atoms with Gasteiger partial charge in [-0.2, -0.15) is 0 Å². The second-order valence-corrected chi connectivity index (χ2v) is 8.72. The molecule has 3 amide bonds. The summed E-state index contributed by atoms with van der Waals surface area (Å²) >= 11 is 12.4. The Morgan fingerprint density at radius 2 is 1.62 bits per heavy atom. The van der Waals surface area contributed by atoms with Gasteiger partial charge in [-0.1, -0.05) is 48.2 Å². The van der Waals surface area contributed by atoms with E-state index in [4.69, 9.17) is 23.2 Å². The molecule has 0 aliphatic carbocycles. The van der Waals surface area contributed by atoms with Crippen LogP contribution in [-0.2, 0) is 9.59 Å². The number of likely N-dealkylation sites (tertiary alicyclic amines) is 1. The Labute approximate surface area is 196 Å². The molecule has 1 fully saturated rings. The number of rotatable bonds is 4. The van der Waals surface area contributed by atoms with Gasteiger partial charge in [0.25, 0.3) is 17.7 Å². The van der Waals surface area contributed by atoms with Gasteiger partial charge < -0.3 is 10.2 Å². The fourth-order valence-electron chi connectivity index (χ4n) is 4.00. The minimum absolute atomic E-state index is 0.0320. The predicted octanol–water partition coefficient (Wildman–Crippen LogP) is 5.10. The molecule has 0 radical (unpaired) electrons. The van der Waals surface area contributed by atoms with Crippen LogP contribution < -0.4 is 10.2 Å². The summed E-state index contributed by atoms with van der Waals surface area (Å²) in [5.41, 5.74) is 1.98. The normalized spacial score (nSPS) is 17.1. The molecule has 2 aliphatic rings. The number of hydrogen-bond acceptors (Lipinski definition) is 4. The number of nitrogens with one attached hydrogen (secondary N) is 1. The molecule has 6 nitrogen and oxygen atoms in total. The molecular formula is C24H23Cl2N3O3. The molecule has 0 unspecified atom stereocenters. The third-order valence-corrected chi connectivity index (χ3v) is 6.54. The largest absolute Gasteiger partial charge is 0.350 e. The van der Waals surface area contributed by atoms with Crippen molar-refractivity contribution in [3.8, 4) is 0 Å². The predicted molar refractivity (Wildman–Crippen MR) is 126 cm³/mol. The summed E-state index contributed by atoms with van der Waals surface area (Å²) in [4.78, 5) is 41.7. The van der Waals surface area contributed by atoms with Gasteiger partial charge in [0, 0.05) is 29.4 Å². The second kappa shape index (κ2) is 9.35. The van der Waals surface area contributed by atoms with E-state index in [0.29, 0.717) is 27.5 Å². The van der Waals surface area contributed by atoms with Crippen molar-refractivity contribution in [3.05, 3.63) is 69.3 Å². The molecule has 2 aliphatic heterocycles. The third kappa shape index (κ3) is 4.25. The first kappa shape index (κ1) is 22.4. The highest BCUT2D eigenvalue weighted by Gasteiger charge is 2.39. The molecule has 1 saturated heterocycles. The van der Waals surface area contributed by atoms with Crippen molar-refractivity contribution in [3.63, 3.8) is 0 Å². The number of carbonyl (C=O) groups excluding carboxylic acids is 3. The van der Waals surface area contributed by atoms with Crippen molar-refractivity contribution >= 4 is 52.3 Å². The quantitative estimate of drug-likeness (QED) is 0.629. The molecule has 0 saturated carbocycles. The van der Waals surface area contributed by atoms with Gasteiger partial charge in [-0.05, 0) is 55.7 Å². The molecule has 0 aromatic heterocycles. The van der Waals surface area contributed by atoms with Gasteiger partial charge in [-0.25, -0.2) is 4.90 Å². The number of carbonyl (C=O) groups is 3. The standard InChI is InChI=1S/C24H23Cl2N3O3/c1-15-18(25)10-7-11-19(15)29-23(31)20(26)21(24(29)32)27-17-9-6-8-16(14-17)22(30)28-12-4-2-3-5-13-28/h6-11,14,27H,2-5,12-13H2,1H3. The van der Waals surface area contributed by atoms with Crippen LogP contribution in [0.15, 0.2) is 53.2 Å². The monoisotopic (exact) mass is 471 g/mol. The lowest BCUT2D eigenvalue weighted by Crippen LogP contribution is -2.33. The minimum atomic E-state index is -0.624. The zero-order chi connectivity index (χ0) is 22.8. The average Bonchev–Trinajstić information content (AvgIpc) is 3.00. The van der Waals surface area contributed by atoms with E-state index in [-0.39, 0.29) is 16.6 Å². The lowest BCUT2D eigenvalue weighted by atomic mass is 10.1. The summed E-state index contributed by atoms with van der Waals surface area (Å²) in [6, 6.07) is 11.9. The van der Waals surface area contributed by atoms with Gasteiger partial charge in [0.15, 0.2) is 0 Å². The number of nitrogens with zero attached hydrogens (tertiary/aromatic N) is 2. The summed E-state index contributed by atoms with van der Waals surface area (Å²) < 4.78 is 0. The van der Waals surface area contributed by atoms with Crippen LogP contribution in [-0.4, -0.2) is 35.7 Å². The number of anilines is 2. The summed E-state index contributed by atoms with van der Waals surface area (Å²) in [6.45, 7) is 3.22. The maximum atomic E-state index is 13.1. The molecule has 1 N–H and O–H groups in total. The molecule has 2 aromatic carbocycles. The Balaban J connectivity index is 1.57. The van der Waals surface area contributed by atoms with Crippen molar-refractivity contribution in [2.24, 2.45) is 0 Å². The SMILES string of the molecule is Cc1c(Cl)cccc1N1C(=O)C(Cl)=C(Nc2cccc(C(=O)N3CCCCCC3)c2)C1=O. The van der Waals surface area contributed by atoms with Crippen LogP contribution in [0.3, 0.4) is 0 Å². The summed E-state index contributed by atoms with van der Waals surface area (Å²) in [7, 11) is 0. The van der Waals surface area contributed by atoms with Gasteiger partial charge in [0.1, 0.15) is 10.7 Å². The Hall–Kier alpha value is -2.83. The van der Waals surface area contributed by atoms with Gasteiger partial charge in [0.05, 0.1) is 5.69 Å². The zero-order valence-electron chi connectivity index (χ0n) is 17.7. The Kier molecular flexibility index (Phi) is 6.53. The Morgan fingerprint density at radius 1 is 0.938 bits per heavy atom. The number of halogens is 2. The average molecular weight is 472 g/mol. The van der Waals surface area contributed by atoms with E-state index in [1.54, 1.807) is 49.4 Å². The first-order valence-corrected chi connectivity index (χ1v) is 11.3. The number of amides is 3. The number of imide groups is 1. The van der Waals surface area contributed by atoms with E-state index in [2.05, 4.69) is 5.32 Å². The number of benzene rings is 2. The first-order chi connectivity index (χ1) is 15.4. The van der Waals surface area contributed by atoms with E-state index in [0.717, 1.165) is 43.7 Å². The number of hydrogen-bond donors (Lipinski definition) is 1. The highest BCUT2D eigenvalue weighted by atomic mass is 35.5. The summed E-state index contributed by atoms with van der Waals surface area (Å²) in [5, 5.41) is 3.18. The lowest BCUT2D eigenvalue weighted by molar-refractivity contribution is -0.120. The van der Waals surface area contributed by atoms with E-state index in [9.17, 15) is 14.4 Å². The molecule has 2 aromatic rings. The van der Waals surface area contributed by atoms with Crippen LogP contribution in [0.5, 0.6) is 0 Å². The topological polar surface area (TPSA) is 69.7 Å². The molecular weight excluding hydrogens is 449 g/mol. The lowest BCUT2D eigenvalue weighted by Gasteiger charge is -2.21. The fraction of sp³-hybridized carbons (Fsp3) is 0.292. The third-order valence-electron chi connectivity index (χ3n) is 5.78. The smallest absolute Gasteiger partial charge is 0.283 e. The van der Waals surface area contributed by atoms with E-state index in [1.807, 2.05) is 4.90 Å². The van der Waals surface area contributed by atoms with E-state index < -0.39 is 11.8 Å². The molecule has 2 heterocycles. The molecule has 0 spiro atoms. The molecule has 0 bridgehead atoms. The minimum Gasteiger partial charge on any atom is -0.350 e. The molecule has 4 rings (SSSR count). The zero-order valence-corrected chi connectivity index (χ0v) is 19.2. The van der Waals surface area contributed by atoms with Crippen molar-refractivity contribution in [2.75, 3.05) is 23.3 Å². The Bertz CT molecular complexity index is 1120. The summed E-state index contributed by atoms with van der Waals surface area (Å²) in [6.07, 6.45) is 4.27. The van der Waals surface area contributed by atoms with Crippen molar-refractivity contribution in [1.82, 2.24) is 4.90 Å². The van der Waals surface area contributed by atoms with Crippen LogP contribution in [0, 0.1) is 6.92 Å². The highest BCUT2D eigenvalue weighted by molar-refractivity contribution is 6.53. The maximum Gasteiger partial charge on any atom is 0.283 e. The van der Waals surface area contributed by atoms with Crippen LogP contribution in [0.1, 0.15) is 41.6 Å². The molecule has 0 atom stereocenters. The fourth-order valence-corrected chi connectivity index (χ4v) is 4.38. The van der Waals surface area contributed by atoms with Crippen molar-refractivity contribution in [1.29, 1.82) is 0 Å². The van der Waals surface area contributed by atoms with Crippen LogP contribution >= 0.6 is 23.2 Å². The van der Waals surface area contributed by atoms with Gasteiger partial charge in [0.2, 0.25) is 0 Å². The molecule has 166 valence electrons. The molecule has 32 heavy (non-hydrogen) atoms.